The molecule has 0 bridgehead atoms. The number of aromatic carboxylic acids is 1. The van der Waals surface area contributed by atoms with E-state index < -0.39 is 16.0 Å². The number of hydrogen-bond donors (Lipinski definition) is 2. The molecule has 0 amide bonds. The zero-order valence-corrected chi connectivity index (χ0v) is 10.7. The zero-order chi connectivity index (χ0) is 13.1. The van der Waals surface area contributed by atoms with Gasteiger partial charge in [-0.25, -0.2) is 13.2 Å². The van der Waals surface area contributed by atoms with Gasteiger partial charge in [0.1, 0.15) is 0 Å². The van der Waals surface area contributed by atoms with Gasteiger partial charge >= 0.3 is 5.97 Å². The van der Waals surface area contributed by atoms with E-state index in [1.165, 1.54) is 18.2 Å². The molecule has 94 valence electrons. The maximum atomic E-state index is 11.5. The van der Waals surface area contributed by atoms with Crippen LogP contribution in [0.1, 0.15) is 23.7 Å². The highest BCUT2D eigenvalue weighted by Crippen LogP contribution is 2.24. The molecule has 0 radical (unpaired) electrons. The van der Waals surface area contributed by atoms with E-state index in [4.69, 9.17) is 16.7 Å². The average Bonchev–Trinajstić information content (AvgIpc) is 2.20. The van der Waals surface area contributed by atoms with Gasteiger partial charge in [0.15, 0.2) is 0 Å². The molecular formula is C10H12ClNO4S. The Balaban J connectivity index is 3.06. The highest BCUT2D eigenvalue weighted by Gasteiger charge is 2.13. The normalized spacial score (nSPS) is 11.2. The first-order valence-corrected chi connectivity index (χ1v) is 6.92. The van der Waals surface area contributed by atoms with Crippen LogP contribution in [0.3, 0.4) is 0 Å². The third-order valence-electron chi connectivity index (χ3n) is 1.95. The van der Waals surface area contributed by atoms with Crippen LogP contribution in [0.2, 0.25) is 5.02 Å². The van der Waals surface area contributed by atoms with E-state index in [-0.39, 0.29) is 22.0 Å². The lowest BCUT2D eigenvalue weighted by Crippen LogP contribution is -2.16. The van der Waals surface area contributed by atoms with Crippen LogP contribution in [0.5, 0.6) is 0 Å². The molecule has 5 nitrogen and oxygen atoms in total. The third kappa shape index (κ3) is 3.90. The summed E-state index contributed by atoms with van der Waals surface area (Å²) in [5.41, 5.74) is 0.0589. The molecular weight excluding hydrogens is 266 g/mol. The summed E-state index contributed by atoms with van der Waals surface area (Å²) in [6.45, 7) is 1.73. The van der Waals surface area contributed by atoms with E-state index >= 15 is 0 Å². The number of sulfonamides is 1. The molecule has 0 saturated heterocycles. The number of anilines is 1. The lowest BCUT2D eigenvalue weighted by molar-refractivity contribution is 0.0697. The summed E-state index contributed by atoms with van der Waals surface area (Å²) < 4.78 is 25.3. The molecule has 0 aromatic heterocycles. The Hall–Kier alpha value is -1.27. The van der Waals surface area contributed by atoms with Crippen LogP contribution in [-0.4, -0.2) is 25.2 Å². The van der Waals surface area contributed by atoms with Crippen molar-refractivity contribution in [1.29, 1.82) is 0 Å². The summed E-state index contributed by atoms with van der Waals surface area (Å²) in [6, 6.07) is 3.84. The van der Waals surface area contributed by atoms with Gasteiger partial charge in [-0.05, 0) is 24.6 Å². The standard InChI is InChI=1S/C10H12ClNO4S/c1-2-5-17(15,16)12-9-6-7(10(13)14)3-4-8(9)11/h3-4,6,12H,2,5H2,1H3,(H,13,14). The maximum Gasteiger partial charge on any atom is 0.335 e. The van der Waals surface area contributed by atoms with Crippen LogP contribution >= 0.6 is 11.6 Å². The summed E-state index contributed by atoms with van der Waals surface area (Å²) in [5, 5.41) is 8.94. The monoisotopic (exact) mass is 277 g/mol. The second-order valence-corrected chi connectivity index (χ2v) is 5.67. The van der Waals surface area contributed by atoms with Crippen molar-refractivity contribution in [1.82, 2.24) is 0 Å². The minimum Gasteiger partial charge on any atom is -0.478 e. The first-order chi connectivity index (χ1) is 7.85. The largest absolute Gasteiger partial charge is 0.478 e. The quantitative estimate of drug-likeness (QED) is 0.864. The number of halogens is 1. The predicted molar refractivity (Wildman–Crippen MR) is 66.1 cm³/mol. The number of nitrogens with one attached hydrogen (secondary N) is 1. The van der Waals surface area contributed by atoms with E-state index in [2.05, 4.69) is 4.72 Å². The van der Waals surface area contributed by atoms with Crippen LogP contribution in [0, 0.1) is 0 Å². The summed E-state index contributed by atoms with van der Waals surface area (Å²) in [4.78, 5) is 10.7. The number of rotatable bonds is 5. The number of benzene rings is 1. The van der Waals surface area contributed by atoms with E-state index in [0.717, 1.165) is 0 Å². The van der Waals surface area contributed by atoms with Crippen molar-refractivity contribution in [2.45, 2.75) is 13.3 Å². The Morgan fingerprint density at radius 2 is 2.12 bits per heavy atom. The van der Waals surface area contributed by atoms with Crippen molar-refractivity contribution < 1.29 is 18.3 Å². The second kappa shape index (κ2) is 5.37. The molecule has 0 spiro atoms. The van der Waals surface area contributed by atoms with Gasteiger partial charge < -0.3 is 5.11 Å². The Morgan fingerprint density at radius 1 is 1.47 bits per heavy atom. The molecule has 0 saturated carbocycles. The van der Waals surface area contributed by atoms with Crippen LogP contribution < -0.4 is 4.72 Å². The Labute approximate surface area is 104 Å². The highest BCUT2D eigenvalue weighted by atomic mass is 35.5. The summed E-state index contributed by atoms with van der Waals surface area (Å²) in [5.74, 6) is -1.18. The van der Waals surface area contributed by atoms with Crippen molar-refractivity contribution in [3.8, 4) is 0 Å². The molecule has 1 aromatic carbocycles. The molecule has 2 N–H and O–H groups in total. The summed E-state index contributed by atoms with van der Waals surface area (Å²) in [6.07, 6.45) is 0.464. The molecule has 0 aliphatic carbocycles. The van der Waals surface area contributed by atoms with Crippen LogP contribution in [-0.2, 0) is 10.0 Å². The molecule has 1 aromatic rings. The average molecular weight is 278 g/mol. The van der Waals surface area contributed by atoms with Gasteiger partial charge in [0, 0.05) is 0 Å². The minimum atomic E-state index is -3.48. The zero-order valence-electron chi connectivity index (χ0n) is 9.10. The predicted octanol–water partition coefficient (Wildman–Crippen LogP) is 2.19. The van der Waals surface area contributed by atoms with Crippen molar-refractivity contribution in [2.75, 3.05) is 10.5 Å². The second-order valence-electron chi connectivity index (χ2n) is 3.42. The molecule has 0 fully saturated rings. The van der Waals surface area contributed by atoms with E-state index in [1.807, 2.05) is 0 Å². The van der Waals surface area contributed by atoms with Crippen molar-refractivity contribution in [3.05, 3.63) is 28.8 Å². The minimum absolute atomic E-state index is 0.0244. The van der Waals surface area contributed by atoms with Gasteiger partial charge in [0.05, 0.1) is 22.0 Å². The lowest BCUT2D eigenvalue weighted by Gasteiger charge is -2.09. The number of carboxylic acids is 1. The number of hydrogen-bond acceptors (Lipinski definition) is 3. The fourth-order valence-corrected chi connectivity index (χ4v) is 2.59. The van der Waals surface area contributed by atoms with Gasteiger partial charge in [-0.1, -0.05) is 18.5 Å². The molecule has 0 aliphatic heterocycles. The molecule has 0 atom stereocenters. The van der Waals surface area contributed by atoms with E-state index in [1.54, 1.807) is 6.92 Å². The Bertz CT molecular complexity index is 527. The van der Waals surface area contributed by atoms with Gasteiger partial charge in [-0.3, -0.25) is 4.72 Å². The molecule has 0 aliphatic rings. The Kier molecular flexibility index (Phi) is 4.36. The molecule has 7 heteroatoms. The van der Waals surface area contributed by atoms with Crippen molar-refractivity contribution in [3.63, 3.8) is 0 Å². The summed E-state index contributed by atoms with van der Waals surface area (Å²) >= 11 is 5.79. The molecule has 0 unspecified atom stereocenters. The van der Waals surface area contributed by atoms with Crippen LogP contribution in [0.4, 0.5) is 5.69 Å². The van der Waals surface area contributed by atoms with Gasteiger partial charge in [0.25, 0.3) is 0 Å². The first-order valence-electron chi connectivity index (χ1n) is 4.89. The number of carboxylic acid groups (broad SMARTS) is 1. The van der Waals surface area contributed by atoms with E-state index in [0.29, 0.717) is 6.42 Å². The summed E-state index contributed by atoms with van der Waals surface area (Å²) in [7, 11) is -3.48. The SMILES string of the molecule is CCCS(=O)(=O)Nc1cc(C(=O)O)ccc1Cl. The maximum absolute atomic E-state index is 11.5. The lowest BCUT2D eigenvalue weighted by atomic mass is 10.2. The van der Waals surface area contributed by atoms with Gasteiger partial charge in [0.2, 0.25) is 10.0 Å². The molecule has 1 rings (SSSR count). The molecule has 17 heavy (non-hydrogen) atoms. The third-order valence-corrected chi connectivity index (χ3v) is 3.76. The van der Waals surface area contributed by atoms with Crippen molar-refractivity contribution >= 4 is 33.3 Å². The smallest absolute Gasteiger partial charge is 0.335 e. The molecule has 0 heterocycles. The van der Waals surface area contributed by atoms with Gasteiger partial charge in [-0.2, -0.15) is 0 Å². The van der Waals surface area contributed by atoms with Gasteiger partial charge in [-0.15, -0.1) is 0 Å². The fourth-order valence-electron chi connectivity index (χ4n) is 1.22. The Morgan fingerprint density at radius 3 is 2.65 bits per heavy atom. The van der Waals surface area contributed by atoms with Crippen LogP contribution in [0.15, 0.2) is 18.2 Å². The van der Waals surface area contributed by atoms with Crippen LogP contribution in [0.25, 0.3) is 0 Å². The van der Waals surface area contributed by atoms with Crippen molar-refractivity contribution in [2.24, 2.45) is 0 Å². The fraction of sp³-hybridized carbons (Fsp3) is 0.300. The van der Waals surface area contributed by atoms with E-state index in [9.17, 15) is 13.2 Å². The number of carbonyl (C=O) groups is 1. The topological polar surface area (TPSA) is 83.5 Å². The highest BCUT2D eigenvalue weighted by molar-refractivity contribution is 7.92. The first kappa shape index (κ1) is 13.8.